The fraction of sp³-hybridized carbons (Fsp3) is 0.475. The average Bonchev–Trinajstić information content (AvgIpc) is 3.02. The van der Waals surface area contributed by atoms with Gasteiger partial charge in [0.05, 0.1) is 5.70 Å². The van der Waals surface area contributed by atoms with Crippen LogP contribution in [0.1, 0.15) is 141 Å². The van der Waals surface area contributed by atoms with E-state index in [4.69, 9.17) is 0 Å². The largest absolute Gasteiger partial charge is 0.298 e. The van der Waals surface area contributed by atoms with Crippen LogP contribution in [0.25, 0.3) is 5.70 Å². The molecule has 1 N–H and O–H groups in total. The topological polar surface area (TPSA) is 27.1 Å². The highest BCUT2D eigenvalue weighted by Gasteiger charge is 2.31. The number of unbranched alkanes of at least 4 members (excludes halogenated alkanes) is 3. The van der Waals surface area contributed by atoms with E-state index in [1.54, 1.807) is 0 Å². The highest BCUT2D eigenvalue weighted by molar-refractivity contribution is 6.10. The molecular weight excluding hydrogens is 508 g/mol. The molecule has 0 radical (unpaired) electrons. The highest BCUT2D eigenvalue weighted by Crippen LogP contribution is 2.41. The quantitative estimate of drug-likeness (QED) is 0.111. The van der Waals surface area contributed by atoms with Crippen molar-refractivity contribution < 1.29 is 0 Å². The van der Waals surface area contributed by atoms with E-state index in [0.717, 1.165) is 24.2 Å². The van der Waals surface area contributed by atoms with Gasteiger partial charge in [0.1, 0.15) is 5.84 Å². The highest BCUT2D eigenvalue weighted by atomic mass is 15.2. The van der Waals surface area contributed by atoms with Gasteiger partial charge in [-0.05, 0) is 73.3 Å². The van der Waals surface area contributed by atoms with Crippen molar-refractivity contribution in [3.63, 3.8) is 0 Å². The minimum Gasteiger partial charge on any atom is -0.298 e. The molecule has 42 heavy (non-hydrogen) atoms. The molecule has 226 valence electrons. The summed E-state index contributed by atoms with van der Waals surface area (Å²) in [7, 11) is 0. The molecule has 0 aliphatic carbocycles. The van der Waals surface area contributed by atoms with E-state index in [0.29, 0.717) is 11.8 Å². The maximum absolute atomic E-state index is 9.72. The molecule has 0 fully saturated rings. The zero-order valence-corrected chi connectivity index (χ0v) is 27.8. The number of allylic oxidation sites excluding steroid dienone is 1. The van der Waals surface area contributed by atoms with E-state index in [2.05, 4.69) is 139 Å². The molecule has 3 unspecified atom stereocenters. The molecule has 3 rings (SSSR count). The second kappa shape index (κ2) is 15.9. The van der Waals surface area contributed by atoms with Crippen molar-refractivity contribution >= 4 is 17.2 Å². The Bertz CT molecular complexity index is 1280. The summed E-state index contributed by atoms with van der Waals surface area (Å²) < 4.78 is 0. The summed E-state index contributed by atoms with van der Waals surface area (Å²) in [4.78, 5) is 2.22. The lowest BCUT2D eigenvalue weighted by Gasteiger charge is -2.37. The van der Waals surface area contributed by atoms with Gasteiger partial charge in [-0.3, -0.25) is 10.3 Å². The molecule has 0 aliphatic heterocycles. The minimum absolute atomic E-state index is 0.0613. The third-order valence-electron chi connectivity index (χ3n) is 9.30. The molecule has 2 heteroatoms. The average molecular weight is 565 g/mol. The van der Waals surface area contributed by atoms with Crippen LogP contribution < -0.4 is 4.90 Å². The molecule has 3 aromatic rings. The molecule has 2 nitrogen and oxygen atoms in total. The summed E-state index contributed by atoms with van der Waals surface area (Å²) in [6.45, 7) is 18.2. The molecule has 3 aromatic carbocycles. The SMILES string of the molecule is CCCCCC(C)c1ccc(C(C)C(=N)N(C(=C(C)C)c2ccccc2C(C)(CC)CCCC)c2ccccc2)cc1. The van der Waals surface area contributed by atoms with Gasteiger partial charge in [0.2, 0.25) is 0 Å². The first kappa shape index (κ1) is 33.4. The molecule has 0 spiro atoms. The number of hydrogen-bond donors (Lipinski definition) is 1. The summed E-state index contributed by atoms with van der Waals surface area (Å²) >= 11 is 0. The minimum atomic E-state index is -0.0613. The zero-order valence-electron chi connectivity index (χ0n) is 27.8. The number of anilines is 1. The first-order valence-electron chi connectivity index (χ1n) is 16.5. The van der Waals surface area contributed by atoms with Crippen LogP contribution in [0.5, 0.6) is 0 Å². The number of amidine groups is 1. The van der Waals surface area contributed by atoms with Crippen LogP contribution in [0.4, 0.5) is 5.69 Å². The van der Waals surface area contributed by atoms with Crippen molar-refractivity contribution in [1.29, 1.82) is 5.41 Å². The van der Waals surface area contributed by atoms with Gasteiger partial charge in [-0.1, -0.05) is 146 Å². The van der Waals surface area contributed by atoms with E-state index in [1.807, 2.05) is 0 Å². The fourth-order valence-electron chi connectivity index (χ4n) is 6.20. The Labute approximate surface area is 257 Å². The lowest BCUT2D eigenvalue weighted by Crippen LogP contribution is -2.34. The second-order valence-corrected chi connectivity index (χ2v) is 12.8. The zero-order chi connectivity index (χ0) is 30.7. The molecule has 0 saturated heterocycles. The van der Waals surface area contributed by atoms with Crippen molar-refractivity contribution in [3.05, 3.63) is 107 Å². The van der Waals surface area contributed by atoms with E-state index >= 15 is 0 Å². The number of hydrogen-bond acceptors (Lipinski definition) is 1. The third-order valence-corrected chi connectivity index (χ3v) is 9.30. The Morgan fingerprint density at radius 2 is 1.36 bits per heavy atom. The maximum atomic E-state index is 9.72. The number of rotatable bonds is 15. The molecule has 0 heterocycles. The van der Waals surface area contributed by atoms with Crippen molar-refractivity contribution in [2.75, 3.05) is 4.90 Å². The van der Waals surface area contributed by atoms with Crippen LogP contribution in [0, 0.1) is 5.41 Å². The first-order valence-corrected chi connectivity index (χ1v) is 16.5. The predicted molar refractivity (Wildman–Crippen MR) is 186 cm³/mol. The molecule has 3 atom stereocenters. The monoisotopic (exact) mass is 564 g/mol. The van der Waals surface area contributed by atoms with Crippen molar-refractivity contribution in [1.82, 2.24) is 0 Å². The summed E-state index contributed by atoms with van der Waals surface area (Å²) in [6, 6.07) is 28.6. The Morgan fingerprint density at radius 3 is 1.95 bits per heavy atom. The van der Waals surface area contributed by atoms with Crippen LogP contribution in [0.3, 0.4) is 0 Å². The Morgan fingerprint density at radius 1 is 0.762 bits per heavy atom. The Balaban J connectivity index is 2.07. The second-order valence-electron chi connectivity index (χ2n) is 12.8. The summed E-state index contributed by atoms with van der Waals surface area (Å²) in [5.74, 6) is 1.10. The first-order chi connectivity index (χ1) is 20.2. The van der Waals surface area contributed by atoms with Crippen molar-refractivity contribution in [2.24, 2.45) is 0 Å². The van der Waals surface area contributed by atoms with Gasteiger partial charge < -0.3 is 0 Å². The van der Waals surface area contributed by atoms with Gasteiger partial charge in [0, 0.05) is 17.2 Å². The predicted octanol–water partition coefficient (Wildman–Crippen LogP) is 12.3. The summed E-state index contributed by atoms with van der Waals surface area (Å²) in [6.07, 6.45) is 9.74. The normalized spacial score (nSPS) is 14.1. The molecular formula is C40H56N2. The lowest BCUT2D eigenvalue weighted by molar-refractivity contribution is 0.402. The molecule has 0 saturated carbocycles. The molecule has 0 aromatic heterocycles. The number of nitrogens with zero attached hydrogens (tertiary/aromatic N) is 1. The van der Waals surface area contributed by atoms with E-state index in [-0.39, 0.29) is 11.3 Å². The van der Waals surface area contributed by atoms with Crippen LogP contribution in [-0.4, -0.2) is 5.84 Å². The third kappa shape index (κ3) is 8.03. The van der Waals surface area contributed by atoms with Crippen LogP contribution >= 0.6 is 0 Å². The van der Waals surface area contributed by atoms with Gasteiger partial charge in [-0.25, -0.2) is 0 Å². The standard InChI is InChI=1S/C40H56N2/c1-9-12-15-20-31(6)33-25-27-34(28-26-33)32(7)39(41)42(35-21-16-14-17-22-35)38(30(4)5)36-23-18-19-24-37(36)40(8,11-3)29-13-10-2/h14,16-19,21-28,31-32,41H,9-13,15,20,29H2,1-8H3. The van der Waals surface area contributed by atoms with Gasteiger partial charge in [-0.2, -0.15) is 0 Å². The van der Waals surface area contributed by atoms with Gasteiger partial charge in [-0.15, -0.1) is 0 Å². The molecule has 0 aliphatic rings. The van der Waals surface area contributed by atoms with Crippen molar-refractivity contribution in [3.8, 4) is 0 Å². The van der Waals surface area contributed by atoms with Crippen LogP contribution in [0.2, 0.25) is 0 Å². The summed E-state index contributed by atoms with van der Waals surface area (Å²) in [5.41, 5.74) is 8.68. The number of nitrogens with one attached hydrogen (secondary N) is 1. The van der Waals surface area contributed by atoms with Gasteiger partial charge in [0.25, 0.3) is 0 Å². The number of para-hydroxylation sites is 1. The molecule has 0 bridgehead atoms. The van der Waals surface area contributed by atoms with E-state index < -0.39 is 0 Å². The summed E-state index contributed by atoms with van der Waals surface area (Å²) in [5, 5.41) is 9.72. The Kier molecular flexibility index (Phi) is 12.6. The van der Waals surface area contributed by atoms with Gasteiger partial charge >= 0.3 is 0 Å². The van der Waals surface area contributed by atoms with Crippen LogP contribution in [0.15, 0.2) is 84.4 Å². The lowest BCUT2D eigenvalue weighted by atomic mass is 9.73. The van der Waals surface area contributed by atoms with E-state index in [9.17, 15) is 5.41 Å². The number of benzene rings is 3. The van der Waals surface area contributed by atoms with Crippen molar-refractivity contribution in [2.45, 2.75) is 124 Å². The van der Waals surface area contributed by atoms with Crippen LogP contribution in [-0.2, 0) is 5.41 Å². The van der Waals surface area contributed by atoms with E-state index in [1.165, 1.54) is 66.4 Å². The Hall–Kier alpha value is -3.13. The molecule has 0 amide bonds. The fourth-order valence-corrected chi connectivity index (χ4v) is 6.20. The van der Waals surface area contributed by atoms with Gasteiger partial charge in [0.15, 0.2) is 0 Å². The maximum Gasteiger partial charge on any atom is 0.112 e. The smallest absolute Gasteiger partial charge is 0.112 e.